The first-order valence-electron chi connectivity index (χ1n) is 5.99. The van der Waals surface area contributed by atoms with Crippen LogP contribution in [0.1, 0.15) is 11.1 Å². The molecule has 0 radical (unpaired) electrons. The molecule has 0 aliphatic rings. The Labute approximate surface area is 139 Å². The molecule has 0 aliphatic carbocycles. The Bertz CT molecular complexity index is 923. The molecule has 9 heteroatoms. The molecule has 0 nitrogen and oxygen atoms in total. The highest BCUT2D eigenvalue weighted by Crippen LogP contribution is 2.50. The van der Waals surface area contributed by atoms with E-state index in [0.29, 0.717) is 22.1 Å². The number of fused-ring (bicyclic) bond motifs is 3. The lowest BCUT2D eigenvalue weighted by Gasteiger charge is -2.15. The van der Waals surface area contributed by atoms with E-state index in [2.05, 4.69) is 0 Å². The lowest BCUT2D eigenvalue weighted by Crippen LogP contribution is -2.12. The Morgan fingerprint density at radius 1 is 0.826 bits per heavy atom. The number of hydrogen-bond donors (Lipinski definition) is 0. The van der Waals surface area contributed by atoms with Gasteiger partial charge in [0.05, 0.1) is 16.1 Å². The Morgan fingerprint density at radius 2 is 1.48 bits per heavy atom. The van der Waals surface area contributed by atoms with Gasteiger partial charge in [0.25, 0.3) is 0 Å². The molecule has 0 saturated heterocycles. The zero-order valence-electron chi connectivity index (χ0n) is 10.7. The van der Waals surface area contributed by atoms with Crippen LogP contribution in [0.2, 0.25) is 10.0 Å². The summed E-state index contributed by atoms with van der Waals surface area (Å²) >= 11 is 12.0. The molecule has 1 aromatic heterocycles. The Hall–Kier alpha value is -1.18. The minimum atomic E-state index is -5.01. The molecule has 0 bridgehead atoms. The van der Waals surface area contributed by atoms with Crippen molar-refractivity contribution in [1.29, 1.82) is 0 Å². The summed E-state index contributed by atoms with van der Waals surface area (Å²) in [5, 5.41) is -0.942. The van der Waals surface area contributed by atoms with Gasteiger partial charge in [0.1, 0.15) is 0 Å². The maximum absolute atomic E-state index is 13.3. The molecule has 1 heterocycles. The number of rotatable bonds is 0. The van der Waals surface area contributed by atoms with E-state index < -0.39 is 28.5 Å². The summed E-state index contributed by atoms with van der Waals surface area (Å²) in [7, 11) is 0. The fourth-order valence-corrected chi connectivity index (χ4v) is 4.27. The quantitative estimate of drug-likeness (QED) is 0.352. The van der Waals surface area contributed by atoms with Gasteiger partial charge in [0.15, 0.2) is 0 Å². The molecule has 0 spiro atoms. The molecule has 0 N–H and O–H groups in total. The van der Waals surface area contributed by atoms with E-state index in [9.17, 15) is 26.3 Å². The molecule has 0 aliphatic heterocycles. The molecule has 0 atom stereocenters. The zero-order valence-corrected chi connectivity index (χ0v) is 13.1. The van der Waals surface area contributed by atoms with Crippen molar-refractivity contribution in [3.63, 3.8) is 0 Å². The van der Waals surface area contributed by atoms with E-state index in [1.807, 2.05) is 0 Å². The number of halogens is 8. The second kappa shape index (κ2) is 5.16. The second-order valence-electron chi connectivity index (χ2n) is 4.73. The van der Waals surface area contributed by atoms with E-state index in [4.69, 9.17) is 23.2 Å². The zero-order chi connectivity index (χ0) is 17.2. The summed E-state index contributed by atoms with van der Waals surface area (Å²) in [6.07, 6.45) is -10.0. The number of benzene rings is 2. The van der Waals surface area contributed by atoms with Crippen molar-refractivity contribution < 1.29 is 26.3 Å². The summed E-state index contributed by atoms with van der Waals surface area (Å²) in [6.45, 7) is 0. The van der Waals surface area contributed by atoms with E-state index in [1.54, 1.807) is 0 Å². The van der Waals surface area contributed by atoms with Crippen molar-refractivity contribution in [2.45, 2.75) is 12.4 Å². The minimum Gasteiger partial charge on any atom is -0.166 e. The summed E-state index contributed by atoms with van der Waals surface area (Å²) in [4.78, 5) is 0. The Balaban J connectivity index is 2.55. The molecule has 0 unspecified atom stereocenters. The van der Waals surface area contributed by atoms with Crippen molar-refractivity contribution in [3.05, 3.63) is 45.4 Å². The van der Waals surface area contributed by atoms with Crippen LogP contribution in [-0.4, -0.2) is 0 Å². The monoisotopic (exact) mass is 388 g/mol. The minimum absolute atomic E-state index is 0.147. The fraction of sp³-hybridized carbons (Fsp3) is 0.143. The van der Waals surface area contributed by atoms with E-state index in [0.717, 1.165) is 0 Å². The topological polar surface area (TPSA) is 0 Å². The summed E-state index contributed by atoms with van der Waals surface area (Å²) in [5.41, 5.74) is -2.98. The third kappa shape index (κ3) is 2.75. The molecule has 23 heavy (non-hydrogen) atoms. The highest BCUT2D eigenvalue weighted by molar-refractivity contribution is 7.26. The molecular weight excluding hydrogens is 385 g/mol. The summed E-state index contributed by atoms with van der Waals surface area (Å²) < 4.78 is 79.0. The van der Waals surface area contributed by atoms with Gasteiger partial charge in [0, 0.05) is 25.2 Å². The predicted octanol–water partition coefficient (Wildman–Crippen LogP) is 7.40. The van der Waals surface area contributed by atoms with E-state index >= 15 is 0 Å². The number of hydrogen-bond acceptors (Lipinski definition) is 1. The first-order chi connectivity index (χ1) is 10.5. The van der Waals surface area contributed by atoms with Gasteiger partial charge in [-0.3, -0.25) is 0 Å². The molecule has 0 saturated carbocycles. The smallest absolute Gasteiger partial charge is 0.166 e. The molecular formula is C14H4Cl2F6S. The van der Waals surface area contributed by atoms with Gasteiger partial charge >= 0.3 is 12.4 Å². The molecule has 2 aromatic carbocycles. The van der Waals surface area contributed by atoms with Crippen molar-refractivity contribution in [1.82, 2.24) is 0 Å². The normalized spacial score (nSPS) is 13.2. The van der Waals surface area contributed by atoms with Gasteiger partial charge in [-0.05, 0) is 18.2 Å². The standard InChI is InChI=1S/C14H4Cl2F6S/c15-5-1-2-6-7-4-8(13(17,18)19)11(16)10(14(20,21)22)12(7)23-9(6)3-5/h1-4H. The molecule has 3 rings (SSSR count). The fourth-order valence-electron chi connectivity index (χ4n) is 2.32. The lowest BCUT2D eigenvalue weighted by atomic mass is 10.0. The van der Waals surface area contributed by atoms with Crippen molar-refractivity contribution in [2.75, 3.05) is 0 Å². The summed E-state index contributed by atoms with van der Waals surface area (Å²) in [5.74, 6) is 0. The SMILES string of the molecule is FC(F)(F)c1cc2c(sc3cc(Cl)ccc32)c(C(F)(F)F)c1Cl. The maximum Gasteiger partial charge on any atom is 0.419 e. The average Bonchev–Trinajstić information content (AvgIpc) is 2.71. The van der Waals surface area contributed by atoms with Crippen LogP contribution >= 0.6 is 34.5 Å². The van der Waals surface area contributed by atoms with Gasteiger partial charge < -0.3 is 0 Å². The van der Waals surface area contributed by atoms with Crippen molar-refractivity contribution in [3.8, 4) is 0 Å². The molecule has 0 fully saturated rings. The predicted molar refractivity (Wildman–Crippen MR) is 79.4 cm³/mol. The van der Waals surface area contributed by atoms with Crippen LogP contribution in [0.5, 0.6) is 0 Å². The van der Waals surface area contributed by atoms with Crippen LogP contribution in [0.25, 0.3) is 20.2 Å². The van der Waals surface area contributed by atoms with Crippen LogP contribution in [0, 0.1) is 0 Å². The molecule has 3 aromatic rings. The first kappa shape index (κ1) is 16.7. The maximum atomic E-state index is 13.3. The Kier molecular flexibility index (Phi) is 3.74. The first-order valence-corrected chi connectivity index (χ1v) is 7.56. The lowest BCUT2D eigenvalue weighted by molar-refractivity contribution is -0.141. The van der Waals surface area contributed by atoms with E-state index in [-0.39, 0.29) is 20.5 Å². The molecule has 0 amide bonds. The largest absolute Gasteiger partial charge is 0.419 e. The van der Waals surface area contributed by atoms with Crippen molar-refractivity contribution in [2.24, 2.45) is 0 Å². The average molecular weight is 389 g/mol. The van der Waals surface area contributed by atoms with Gasteiger partial charge in [0.2, 0.25) is 0 Å². The van der Waals surface area contributed by atoms with Crippen LogP contribution in [-0.2, 0) is 12.4 Å². The van der Waals surface area contributed by atoms with Gasteiger partial charge in [-0.2, -0.15) is 26.3 Å². The van der Waals surface area contributed by atoms with E-state index in [1.165, 1.54) is 18.2 Å². The Morgan fingerprint density at radius 3 is 2.04 bits per heavy atom. The second-order valence-corrected chi connectivity index (χ2v) is 6.59. The van der Waals surface area contributed by atoms with Gasteiger partial charge in [-0.1, -0.05) is 29.3 Å². The van der Waals surface area contributed by atoms with Crippen LogP contribution < -0.4 is 0 Å². The third-order valence-electron chi connectivity index (χ3n) is 3.25. The van der Waals surface area contributed by atoms with Crippen LogP contribution in [0.4, 0.5) is 26.3 Å². The van der Waals surface area contributed by atoms with Crippen molar-refractivity contribution >= 4 is 54.7 Å². The number of thiophene rings is 1. The number of alkyl halides is 6. The highest BCUT2D eigenvalue weighted by Gasteiger charge is 2.42. The van der Waals surface area contributed by atoms with Gasteiger partial charge in [-0.25, -0.2) is 0 Å². The third-order valence-corrected chi connectivity index (χ3v) is 5.06. The van der Waals surface area contributed by atoms with Crippen LogP contribution in [0.3, 0.4) is 0 Å². The summed E-state index contributed by atoms with van der Waals surface area (Å²) in [6, 6.07) is 4.86. The van der Waals surface area contributed by atoms with Gasteiger partial charge in [-0.15, -0.1) is 11.3 Å². The van der Waals surface area contributed by atoms with Crippen LogP contribution in [0.15, 0.2) is 24.3 Å². The molecule has 122 valence electrons. The highest BCUT2D eigenvalue weighted by atomic mass is 35.5.